The maximum atomic E-state index is 12.7. The van der Waals surface area contributed by atoms with Crippen LogP contribution in [0.4, 0.5) is 5.69 Å². The highest BCUT2D eigenvalue weighted by atomic mass is 16.5. The molecule has 4 nitrogen and oxygen atoms in total. The van der Waals surface area contributed by atoms with E-state index in [2.05, 4.69) is 4.74 Å². The van der Waals surface area contributed by atoms with Gasteiger partial charge in [-0.1, -0.05) is 48.5 Å². The predicted molar refractivity (Wildman–Crippen MR) is 84.1 cm³/mol. The van der Waals surface area contributed by atoms with E-state index in [0.29, 0.717) is 12.1 Å². The van der Waals surface area contributed by atoms with Gasteiger partial charge in [-0.2, -0.15) is 0 Å². The molecule has 0 saturated heterocycles. The molecule has 0 fully saturated rings. The van der Waals surface area contributed by atoms with Crippen molar-refractivity contribution in [3.8, 4) is 0 Å². The van der Waals surface area contributed by atoms with Crippen LogP contribution in [0, 0.1) is 0 Å². The standard InChI is InChI=1S/C18H15NO3/c1-22-17(20)11-15-14-9-5-6-10-16(14)19(18(15)21)12-13-7-3-2-4-8-13/h2-11H,12H2,1H3/b15-11+. The normalized spacial score (nSPS) is 15.0. The number of esters is 1. The molecule has 0 unspecified atom stereocenters. The topological polar surface area (TPSA) is 46.6 Å². The number of para-hydroxylation sites is 1. The summed E-state index contributed by atoms with van der Waals surface area (Å²) in [6, 6.07) is 17.2. The maximum absolute atomic E-state index is 12.7. The lowest BCUT2D eigenvalue weighted by Gasteiger charge is -2.17. The number of fused-ring (bicyclic) bond motifs is 1. The van der Waals surface area contributed by atoms with E-state index in [9.17, 15) is 9.59 Å². The Bertz CT molecular complexity index is 750. The second-order valence-electron chi connectivity index (χ2n) is 4.98. The Labute approximate surface area is 128 Å². The van der Waals surface area contributed by atoms with Gasteiger partial charge in [-0.15, -0.1) is 0 Å². The molecule has 1 aliphatic heterocycles. The monoisotopic (exact) mass is 293 g/mol. The smallest absolute Gasteiger partial charge is 0.331 e. The first-order valence-corrected chi connectivity index (χ1v) is 6.95. The molecule has 2 aromatic rings. The first-order chi connectivity index (χ1) is 10.7. The van der Waals surface area contributed by atoms with E-state index in [1.165, 1.54) is 13.2 Å². The van der Waals surface area contributed by atoms with Crippen molar-refractivity contribution in [1.82, 2.24) is 0 Å². The van der Waals surface area contributed by atoms with Gasteiger partial charge in [0.15, 0.2) is 0 Å². The van der Waals surface area contributed by atoms with E-state index in [1.807, 2.05) is 54.6 Å². The van der Waals surface area contributed by atoms with E-state index in [1.54, 1.807) is 4.90 Å². The second kappa shape index (κ2) is 5.85. The van der Waals surface area contributed by atoms with Crippen LogP contribution in [0.25, 0.3) is 5.57 Å². The molecule has 0 bridgehead atoms. The van der Waals surface area contributed by atoms with Gasteiger partial charge in [0.25, 0.3) is 5.91 Å². The van der Waals surface area contributed by atoms with Gasteiger partial charge < -0.3 is 9.64 Å². The Morgan fingerprint density at radius 1 is 1.09 bits per heavy atom. The van der Waals surface area contributed by atoms with Crippen molar-refractivity contribution in [2.45, 2.75) is 6.54 Å². The predicted octanol–water partition coefficient (Wildman–Crippen LogP) is 2.79. The van der Waals surface area contributed by atoms with Crippen molar-refractivity contribution < 1.29 is 14.3 Å². The van der Waals surface area contributed by atoms with Crippen molar-refractivity contribution >= 4 is 23.1 Å². The zero-order chi connectivity index (χ0) is 15.5. The summed E-state index contributed by atoms with van der Waals surface area (Å²) in [5.41, 5.74) is 2.98. The van der Waals surface area contributed by atoms with Gasteiger partial charge in [-0.05, 0) is 11.6 Å². The van der Waals surface area contributed by atoms with Crippen LogP contribution in [0.1, 0.15) is 11.1 Å². The lowest BCUT2D eigenvalue weighted by atomic mass is 10.1. The van der Waals surface area contributed by atoms with Crippen molar-refractivity contribution in [1.29, 1.82) is 0 Å². The molecule has 1 heterocycles. The highest BCUT2D eigenvalue weighted by molar-refractivity contribution is 6.34. The Kier molecular flexibility index (Phi) is 3.74. The number of anilines is 1. The summed E-state index contributed by atoms with van der Waals surface area (Å²) < 4.78 is 4.64. The number of benzene rings is 2. The Morgan fingerprint density at radius 3 is 2.50 bits per heavy atom. The van der Waals surface area contributed by atoms with Crippen LogP contribution < -0.4 is 4.90 Å². The summed E-state index contributed by atoms with van der Waals surface area (Å²) in [5.74, 6) is -0.713. The van der Waals surface area contributed by atoms with Gasteiger partial charge in [0.05, 0.1) is 24.9 Å². The van der Waals surface area contributed by atoms with E-state index >= 15 is 0 Å². The average molecular weight is 293 g/mol. The minimum atomic E-state index is -0.528. The first-order valence-electron chi connectivity index (χ1n) is 6.95. The van der Waals surface area contributed by atoms with Crippen molar-refractivity contribution in [3.05, 3.63) is 71.8 Å². The molecule has 0 saturated carbocycles. The van der Waals surface area contributed by atoms with Crippen LogP contribution in [0.5, 0.6) is 0 Å². The third-order valence-corrected chi connectivity index (χ3v) is 3.61. The average Bonchev–Trinajstić information content (AvgIpc) is 2.82. The molecule has 0 aromatic heterocycles. The fourth-order valence-electron chi connectivity index (χ4n) is 2.55. The van der Waals surface area contributed by atoms with Gasteiger partial charge in [-0.3, -0.25) is 4.79 Å². The minimum absolute atomic E-state index is 0.185. The molecule has 2 aromatic carbocycles. The van der Waals surface area contributed by atoms with Crippen LogP contribution in [-0.2, 0) is 20.9 Å². The van der Waals surface area contributed by atoms with Crippen LogP contribution >= 0.6 is 0 Å². The van der Waals surface area contributed by atoms with Crippen molar-refractivity contribution in [3.63, 3.8) is 0 Å². The summed E-state index contributed by atoms with van der Waals surface area (Å²) >= 11 is 0. The van der Waals surface area contributed by atoms with Gasteiger partial charge in [0.2, 0.25) is 0 Å². The Hall–Kier alpha value is -2.88. The molecule has 1 aliphatic rings. The van der Waals surface area contributed by atoms with E-state index in [4.69, 9.17) is 0 Å². The van der Waals surface area contributed by atoms with E-state index < -0.39 is 5.97 Å². The molecule has 0 aliphatic carbocycles. The van der Waals surface area contributed by atoms with Gasteiger partial charge >= 0.3 is 5.97 Å². The molecule has 0 spiro atoms. The highest BCUT2D eigenvalue weighted by Crippen LogP contribution is 2.37. The van der Waals surface area contributed by atoms with Crippen molar-refractivity contribution in [2.24, 2.45) is 0 Å². The van der Waals surface area contributed by atoms with Crippen LogP contribution in [0.3, 0.4) is 0 Å². The number of carbonyl (C=O) groups excluding carboxylic acids is 2. The van der Waals surface area contributed by atoms with E-state index in [0.717, 1.165) is 16.8 Å². The largest absolute Gasteiger partial charge is 0.466 e. The second-order valence-corrected chi connectivity index (χ2v) is 4.98. The Balaban J connectivity index is 2.01. The lowest BCUT2D eigenvalue weighted by Crippen LogP contribution is -2.25. The van der Waals surface area contributed by atoms with Crippen LogP contribution in [0.15, 0.2) is 60.7 Å². The fraction of sp³-hybridized carbons (Fsp3) is 0.111. The number of methoxy groups -OCH3 is 1. The minimum Gasteiger partial charge on any atom is -0.466 e. The fourth-order valence-corrected chi connectivity index (χ4v) is 2.55. The quantitative estimate of drug-likeness (QED) is 0.646. The summed E-state index contributed by atoms with van der Waals surface area (Å²) in [6.07, 6.45) is 1.26. The number of carbonyl (C=O) groups is 2. The lowest BCUT2D eigenvalue weighted by molar-refractivity contribution is -0.135. The Morgan fingerprint density at radius 2 is 1.77 bits per heavy atom. The van der Waals surface area contributed by atoms with Gasteiger partial charge in [0, 0.05) is 11.6 Å². The third kappa shape index (κ3) is 2.51. The molecule has 3 rings (SSSR count). The van der Waals surface area contributed by atoms with Gasteiger partial charge in [-0.25, -0.2) is 4.79 Å². The molecule has 22 heavy (non-hydrogen) atoms. The number of hydrogen-bond donors (Lipinski definition) is 0. The summed E-state index contributed by atoms with van der Waals surface area (Å²) in [4.78, 5) is 25.9. The first kappa shape index (κ1) is 14.1. The number of ether oxygens (including phenoxy) is 1. The van der Waals surface area contributed by atoms with Gasteiger partial charge in [0.1, 0.15) is 0 Å². The summed E-state index contributed by atoms with van der Waals surface area (Å²) in [7, 11) is 1.30. The SMILES string of the molecule is COC(=O)/C=C1/C(=O)N(Cc2ccccc2)c2ccccc21. The van der Waals surface area contributed by atoms with Crippen molar-refractivity contribution in [2.75, 3.05) is 12.0 Å². The summed E-state index contributed by atoms with van der Waals surface area (Å²) in [6.45, 7) is 0.467. The molecular weight excluding hydrogens is 278 g/mol. The van der Waals surface area contributed by atoms with E-state index in [-0.39, 0.29) is 5.91 Å². The number of amides is 1. The molecule has 0 atom stereocenters. The maximum Gasteiger partial charge on any atom is 0.331 e. The zero-order valence-corrected chi connectivity index (χ0v) is 12.2. The number of hydrogen-bond acceptors (Lipinski definition) is 3. The van der Waals surface area contributed by atoms with Crippen LogP contribution in [0.2, 0.25) is 0 Å². The molecule has 0 N–H and O–H groups in total. The zero-order valence-electron chi connectivity index (χ0n) is 12.2. The molecule has 110 valence electrons. The molecule has 0 radical (unpaired) electrons. The number of rotatable bonds is 3. The number of nitrogens with zero attached hydrogens (tertiary/aromatic N) is 1. The third-order valence-electron chi connectivity index (χ3n) is 3.61. The van der Waals surface area contributed by atoms with Crippen LogP contribution in [-0.4, -0.2) is 19.0 Å². The molecule has 1 amide bonds. The highest BCUT2D eigenvalue weighted by Gasteiger charge is 2.32. The molecular formula is C18H15NO3. The summed E-state index contributed by atoms with van der Waals surface area (Å²) in [5, 5.41) is 0. The molecule has 4 heteroatoms.